The largest absolute Gasteiger partial charge is 0.495 e. The lowest BCUT2D eigenvalue weighted by Gasteiger charge is -2.13. The minimum atomic E-state index is -0.202. The summed E-state index contributed by atoms with van der Waals surface area (Å²) in [4.78, 5) is 23.7. The van der Waals surface area contributed by atoms with Gasteiger partial charge in [-0.3, -0.25) is 9.59 Å². The molecular formula is C21H24ClNO6. The van der Waals surface area contributed by atoms with E-state index in [1.54, 1.807) is 30.3 Å². The van der Waals surface area contributed by atoms with E-state index in [2.05, 4.69) is 5.32 Å². The molecule has 2 aromatic rings. The Bertz CT molecular complexity index is 884. The molecule has 29 heavy (non-hydrogen) atoms. The van der Waals surface area contributed by atoms with Gasteiger partial charge in [-0.05, 0) is 37.6 Å². The number of hydrogen-bond donors (Lipinski definition) is 1. The van der Waals surface area contributed by atoms with Crippen LogP contribution in [0.4, 0.5) is 5.69 Å². The number of carbonyl (C=O) groups is 2. The predicted molar refractivity (Wildman–Crippen MR) is 111 cm³/mol. The lowest BCUT2D eigenvalue weighted by molar-refractivity contribution is -0.116. The summed E-state index contributed by atoms with van der Waals surface area (Å²) in [6.07, 6.45) is 0.719. The number of halogens is 1. The van der Waals surface area contributed by atoms with Gasteiger partial charge >= 0.3 is 0 Å². The third-order valence-electron chi connectivity index (χ3n) is 4.12. The molecule has 0 spiro atoms. The molecule has 0 bridgehead atoms. The molecule has 2 aromatic carbocycles. The maximum absolute atomic E-state index is 12.2. The van der Waals surface area contributed by atoms with Crippen LogP contribution in [0.2, 0.25) is 5.02 Å². The van der Waals surface area contributed by atoms with Gasteiger partial charge < -0.3 is 24.3 Å². The molecule has 0 heterocycles. The number of amides is 1. The van der Waals surface area contributed by atoms with Gasteiger partial charge in [0, 0.05) is 18.1 Å². The van der Waals surface area contributed by atoms with Crippen molar-refractivity contribution in [3.05, 3.63) is 40.9 Å². The van der Waals surface area contributed by atoms with Crippen LogP contribution in [0.5, 0.6) is 23.0 Å². The van der Waals surface area contributed by atoms with Crippen molar-refractivity contribution >= 4 is 29.0 Å². The highest BCUT2D eigenvalue weighted by atomic mass is 35.5. The van der Waals surface area contributed by atoms with Gasteiger partial charge in [0.1, 0.15) is 11.5 Å². The Balaban J connectivity index is 1.90. The molecule has 0 saturated heterocycles. The van der Waals surface area contributed by atoms with Gasteiger partial charge in [-0.25, -0.2) is 0 Å². The zero-order chi connectivity index (χ0) is 21.4. The first-order valence-electron chi connectivity index (χ1n) is 8.92. The Kier molecular flexibility index (Phi) is 8.15. The normalized spacial score (nSPS) is 10.2. The van der Waals surface area contributed by atoms with E-state index in [4.69, 9.17) is 30.5 Å². The molecule has 0 aliphatic carbocycles. The third kappa shape index (κ3) is 6.02. The molecule has 0 saturated carbocycles. The lowest BCUT2D eigenvalue weighted by atomic mass is 10.1. The van der Waals surface area contributed by atoms with Crippen LogP contribution in [-0.4, -0.2) is 39.6 Å². The Morgan fingerprint density at radius 2 is 1.62 bits per heavy atom. The fraction of sp³-hybridized carbons (Fsp3) is 0.333. The predicted octanol–water partition coefficient (Wildman–Crippen LogP) is 4.37. The molecule has 0 aromatic heterocycles. The fourth-order valence-corrected chi connectivity index (χ4v) is 2.83. The molecule has 0 fully saturated rings. The van der Waals surface area contributed by atoms with E-state index in [1.807, 2.05) is 0 Å². The summed E-state index contributed by atoms with van der Waals surface area (Å²) in [5.41, 5.74) is 1.01. The molecule has 0 atom stereocenters. The van der Waals surface area contributed by atoms with Crippen molar-refractivity contribution in [2.75, 3.05) is 33.3 Å². The number of nitrogens with one attached hydrogen (secondary N) is 1. The molecule has 7 nitrogen and oxygen atoms in total. The van der Waals surface area contributed by atoms with Crippen LogP contribution in [0.25, 0.3) is 0 Å². The number of methoxy groups -OCH3 is 3. The first kappa shape index (κ1) is 22.4. The van der Waals surface area contributed by atoms with E-state index in [1.165, 1.54) is 28.3 Å². The van der Waals surface area contributed by atoms with Crippen LogP contribution in [0.1, 0.15) is 30.1 Å². The van der Waals surface area contributed by atoms with Crippen molar-refractivity contribution in [1.29, 1.82) is 0 Å². The number of ether oxygens (including phenoxy) is 4. The molecule has 0 aliphatic rings. The Hall–Kier alpha value is -2.93. The summed E-state index contributed by atoms with van der Waals surface area (Å²) in [6, 6.07) is 8.17. The monoisotopic (exact) mass is 421 g/mol. The number of Topliss-reactive ketones (excluding diaryl/α,β-unsaturated/α-hetero) is 1. The number of ketones is 1. The SMILES string of the molecule is COc1cc(OC)c(NC(=O)CCCOc2ccc(C(C)=O)cc2OC)cc1Cl. The first-order chi connectivity index (χ1) is 13.9. The summed E-state index contributed by atoms with van der Waals surface area (Å²) in [6.45, 7) is 1.79. The van der Waals surface area contributed by atoms with Crippen molar-refractivity contribution in [2.24, 2.45) is 0 Å². The van der Waals surface area contributed by atoms with Crippen LogP contribution >= 0.6 is 11.6 Å². The standard InChI is InChI=1S/C21H24ClNO6/c1-13(24)14-7-8-17(20(10-14)28-4)29-9-5-6-21(25)23-16-11-15(22)18(26-2)12-19(16)27-3/h7-8,10-12H,5-6,9H2,1-4H3,(H,23,25). The molecule has 0 radical (unpaired) electrons. The Morgan fingerprint density at radius 1 is 0.931 bits per heavy atom. The van der Waals surface area contributed by atoms with Crippen molar-refractivity contribution < 1.29 is 28.5 Å². The second-order valence-electron chi connectivity index (χ2n) is 6.11. The average molecular weight is 422 g/mol. The highest BCUT2D eigenvalue weighted by molar-refractivity contribution is 6.32. The van der Waals surface area contributed by atoms with Gasteiger partial charge in [0.15, 0.2) is 17.3 Å². The van der Waals surface area contributed by atoms with E-state index < -0.39 is 0 Å². The highest BCUT2D eigenvalue weighted by Crippen LogP contribution is 2.36. The minimum Gasteiger partial charge on any atom is -0.495 e. The quantitative estimate of drug-likeness (QED) is 0.453. The van der Waals surface area contributed by atoms with Crippen LogP contribution in [0, 0.1) is 0 Å². The van der Waals surface area contributed by atoms with Crippen LogP contribution in [-0.2, 0) is 4.79 Å². The van der Waals surface area contributed by atoms with E-state index in [0.29, 0.717) is 52.3 Å². The van der Waals surface area contributed by atoms with Gasteiger partial charge in [0.25, 0.3) is 0 Å². The van der Waals surface area contributed by atoms with E-state index in [9.17, 15) is 9.59 Å². The van der Waals surface area contributed by atoms with Crippen LogP contribution in [0.15, 0.2) is 30.3 Å². The Morgan fingerprint density at radius 3 is 2.24 bits per heavy atom. The van der Waals surface area contributed by atoms with Crippen molar-refractivity contribution in [3.8, 4) is 23.0 Å². The van der Waals surface area contributed by atoms with Crippen LogP contribution < -0.4 is 24.3 Å². The van der Waals surface area contributed by atoms with Gasteiger partial charge in [-0.15, -0.1) is 0 Å². The summed E-state index contributed by atoms with van der Waals surface area (Å²) >= 11 is 6.11. The first-order valence-corrected chi connectivity index (χ1v) is 9.30. The van der Waals surface area contributed by atoms with Crippen molar-refractivity contribution in [3.63, 3.8) is 0 Å². The highest BCUT2D eigenvalue weighted by Gasteiger charge is 2.13. The maximum Gasteiger partial charge on any atom is 0.224 e. The molecule has 1 amide bonds. The summed E-state index contributed by atoms with van der Waals surface area (Å²) in [5, 5.41) is 3.14. The van der Waals surface area contributed by atoms with Gasteiger partial charge in [0.05, 0.1) is 38.6 Å². The number of benzene rings is 2. The zero-order valence-corrected chi connectivity index (χ0v) is 17.6. The zero-order valence-electron chi connectivity index (χ0n) is 16.8. The number of anilines is 1. The number of rotatable bonds is 10. The second-order valence-corrected chi connectivity index (χ2v) is 6.52. The number of carbonyl (C=O) groups excluding carboxylic acids is 2. The summed E-state index contributed by atoms with van der Waals surface area (Å²) < 4.78 is 21.3. The molecule has 8 heteroatoms. The fourth-order valence-electron chi connectivity index (χ4n) is 2.59. The molecule has 2 rings (SSSR count). The molecule has 0 unspecified atom stereocenters. The van der Waals surface area contributed by atoms with Crippen molar-refractivity contribution in [2.45, 2.75) is 19.8 Å². The maximum atomic E-state index is 12.2. The lowest BCUT2D eigenvalue weighted by Crippen LogP contribution is -2.13. The topological polar surface area (TPSA) is 83.1 Å². The third-order valence-corrected chi connectivity index (χ3v) is 4.42. The molecular weight excluding hydrogens is 398 g/mol. The van der Waals surface area contributed by atoms with Crippen molar-refractivity contribution in [1.82, 2.24) is 0 Å². The van der Waals surface area contributed by atoms with Gasteiger partial charge in [-0.1, -0.05) is 11.6 Å². The Labute approximate surface area is 174 Å². The van der Waals surface area contributed by atoms with Crippen LogP contribution in [0.3, 0.4) is 0 Å². The van der Waals surface area contributed by atoms with E-state index in [0.717, 1.165) is 0 Å². The van der Waals surface area contributed by atoms with Gasteiger partial charge in [-0.2, -0.15) is 0 Å². The second kappa shape index (κ2) is 10.6. The summed E-state index contributed by atoms with van der Waals surface area (Å²) in [5.74, 6) is 1.64. The van der Waals surface area contributed by atoms with Gasteiger partial charge in [0.2, 0.25) is 5.91 Å². The van der Waals surface area contributed by atoms with E-state index in [-0.39, 0.29) is 18.1 Å². The molecule has 156 valence electrons. The summed E-state index contributed by atoms with van der Waals surface area (Å²) in [7, 11) is 4.51. The number of hydrogen-bond acceptors (Lipinski definition) is 6. The smallest absolute Gasteiger partial charge is 0.224 e. The molecule has 0 aliphatic heterocycles. The minimum absolute atomic E-state index is 0.0550. The average Bonchev–Trinajstić information content (AvgIpc) is 2.71. The molecule has 1 N–H and O–H groups in total. The van der Waals surface area contributed by atoms with E-state index >= 15 is 0 Å².